The molecule has 0 radical (unpaired) electrons. The van der Waals surface area contributed by atoms with Gasteiger partial charge in [0.25, 0.3) is 5.91 Å². The Morgan fingerprint density at radius 2 is 1.93 bits per heavy atom. The number of fused-ring (bicyclic) bond motifs is 1. The molecule has 0 saturated heterocycles. The van der Waals surface area contributed by atoms with Gasteiger partial charge in [-0.25, -0.2) is 0 Å². The lowest BCUT2D eigenvalue weighted by molar-refractivity contribution is -0.0513. The number of carbonyl (C=O) groups is 1. The van der Waals surface area contributed by atoms with Gasteiger partial charge in [0.2, 0.25) is 0 Å². The highest BCUT2D eigenvalue weighted by Gasteiger charge is 2.35. The van der Waals surface area contributed by atoms with Crippen molar-refractivity contribution in [2.75, 3.05) is 12.4 Å². The van der Waals surface area contributed by atoms with Crippen molar-refractivity contribution in [2.24, 2.45) is 0 Å². The standard InChI is InChI=1S/C20H22F2N2O3/c1-4-12(2)24-18(23-15-8-6-5-7-14(15)19(24)25)13-9-10-16(26-3)17(11-13)27-20(21)22/h5-12,18,20,23H,4H2,1-3H3/t12-,18-/m1/s1. The fourth-order valence-corrected chi connectivity index (χ4v) is 3.22. The average Bonchev–Trinajstić information content (AvgIpc) is 2.67. The van der Waals surface area contributed by atoms with Crippen LogP contribution in [0, 0.1) is 0 Å². The summed E-state index contributed by atoms with van der Waals surface area (Å²) in [5, 5.41) is 3.35. The van der Waals surface area contributed by atoms with E-state index in [-0.39, 0.29) is 23.4 Å². The molecule has 0 saturated carbocycles. The Kier molecular flexibility index (Phi) is 5.48. The molecule has 2 atom stereocenters. The van der Waals surface area contributed by atoms with E-state index >= 15 is 0 Å². The zero-order valence-corrected chi connectivity index (χ0v) is 15.4. The lowest BCUT2D eigenvalue weighted by Crippen LogP contribution is -2.47. The number of ether oxygens (including phenoxy) is 2. The molecule has 5 nitrogen and oxygen atoms in total. The Balaban J connectivity index is 2.06. The van der Waals surface area contributed by atoms with Crippen LogP contribution in [0.2, 0.25) is 0 Å². The minimum atomic E-state index is -2.97. The van der Waals surface area contributed by atoms with Crippen LogP contribution in [0.3, 0.4) is 0 Å². The first kappa shape index (κ1) is 18.9. The zero-order valence-electron chi connectivity index (χ0n) is 15.4. The number of benzene rings is 2. The van der Waals surface area contributed by atoms with E-state index in [4.69, 9.17) is 4.74 Å². The highest BCUT2D eigenvalue weighted by molar-refractivity contribution is 6.01. The molecule has 144 valence electrons. The predicted molar refractivity (Wildman–Crippen MR) is 98.4 cm³/mol. The van der Waals surface area contributed by atoms with E-state index in [1.54, 1.807) is 23.1 Å². The van der Waals surface area contributed by atoms with Gasteiger partial charge in [0, 0.05) is 11.7 Å². The molecule has 2 aromatic rings. The fraction of sp³-hybridized carbons (Fsp3) is 0.350. The third-order valence-electron chi connectivity index (χ3n) is 4.75. The fourth-order valence-electron chi connectivity index (χ4n) is 3.22. The third kappa shape index (κ3) is 3.67. The quantitative estimate of drug-likeness (QED) is 0.797. The Hall–Kier alpha value is -2.83. The molecule has 1 N–H and O–H groups in total. The summed E-state index contributed by atoms with van der Waals surface area (Å²) < 4.78 is 35.2. The molecule has 0 unspecified atom stereocenters. The van der Waals surface area contributed by atoms with Crippen LogP contribution >= 0.6 is 0 Å². The van der Waals surface area contributed by atoms with Crippen LogP contribution in [0.25, 0.3) is 0 Å². The molecular formula is C20H22F2N2O3. The van der Waals surface area contributed by atoms with Crippen molar-refractivity contribution in [3.8, 4) is 11.5 Å². The van der Waals surface area contributed by atoms with Crippen molar-refractivity contribution in [1.82, 2.24) is 4.90 Å². The highest BCUT2D eigenvalue weighted by atomic mass is 19.3. The molecule has 0 bridgehead atoms. The van der Waals surface area contributed by atoms with Crippen LogP contribution in [-0.2, 0) is 0 Å². The van der Waals surface area contributed by atoms with Gasteiger partial charge >= 0.3 is 6.61 Å². The maximum Gasteiger partial charge on any atom is 0.387 e. The Bertz CT molecular complexity index is 829. The summed E-state index contributed by atoms with van der Waals surface area (Å²) in [6.45, 7) is 0.983. The maximum atomic E-state index is 13.1. The summed E-state index contributed by atoms with van der Waals surface area (Å²) in [6.07, 6.45) is 0.246. The first-order valence-corrected chi connectivity index (χ1v) is 8.77. The van der Waals surface area contributed by atoms with Gasteiger partial charge in [0.1, 0.15) is 6.17 Å². The first-order chi connectivity index (χ1) is 13.0. The van der Waals surface area contributed by atoms with Gasteiger partial charge in [-0.15, -0.1) is 0 Å². The van der Waals surface area contributed by atoms with Gasteiger partial charge in [-0.1, -0.05) is 25.1 Å². The SMILES string of the molecule is CC[C@@H](C)N1C(=O)c2ccccc2N[C@H]1c1ccc(OC)c(OC(F)F)c1. The van der Waals surface area contributed by atoms with E-state index < -0.39 is 12.8 Å². The number of anilines is 1. The van der Waals surface area contributed by atoms with Crippen LogP contribution < -0.4 is 14.8 Å². The average molecular weight is 376 g/mol. The number of nitrogens with one attached hydrogen (secondary N) is 1. The second kappa shape index (κ2) is 7.82. The van der Waals surface area contributed by atoms with Gasteiger partial charge in [-0.2, -0.15) is 8.78 Å². The predicted octanol–water partition coefficient (Wildman–Crippen LogP) is 4.66. The minimum absolute atomic E-state index is 0.0510. The summed E-state index contributed by atoms with van der Waals surface area (Å²) in [6, 6.07) is 12.0. The summed E-state index contributed by atoms with van der Waals surface area (Å²) in [5.74, 6) is 0.0368. The molecule has 0 spiro atoms. The number of hydrogen-bond acceptors (Lipinski definition) is 4. The van der Waals surface area contributed by atoms with Gasteiger partial charge < -0.3 is 19.7 Å². The molecule has 0 aromatic heterocycles. The van der Waals surface area contributed by atoms with Crippen LogP contribution in [0.15, 0.2) is 42.5 Å². The molecule has 2 aromatic carbocycles. The molecule has 7 heteroatoms. The normalized spacial score (nSPS) is 17.3. The van der Waals surface area contributed by atoms with Crippen molar-refractivity contribution < 1.29 is 23.0 Å². The Morgan fingerprint density at radius 1 is 1.19 bits per heavy atom. The molecule has 0 fully saturated rings. The smallest absolute Gasteiger partial charge is 0.387 e. The highest BCUT2D eigenvalue weighted by Crippen LogP contribution is 2.38. The molecule has 27 heavy (non-hydrogen) atoms. The summed E-state index contributed by atoms with van der Waals surface area (Å²) in [7, 11) is 1.39. The van der Waals surface area contributed by atoms with Crippen molar-refractivity contribution in [2.45, 2.75) is 39.1 Å². The second-order valence-electron chi connectivity index (χ2n) is 6.35. The molecule has 3 rings (SSSR count). The van der Waals surface area contributed by atoms with Crippen LogP contribution in [0.1, 0.15) is 42.4 Å². The maximum absolute atomic E-state index is 13.1. The Labute approximate surface area is 156 Å². The minimum Gasteiger partial charge on any atom is -0.493 e. The number of methoxy groups -OCH3 is 1. The van der Waals surface area contributed by atoms with Crippen LogP contribution in [-0.4, -0.2) is 30.6 Å². The van der Waals surface area contributed by atoms with Crippen molar-refractivity contribution in [1.29, 1.82) is 0 Å². The Morgan fingerprint density at radius 3 is 2.59 bits per heavy atom. The first-order valence-electron chi connectivity index (χ1n) is 8.77. The molecule has 1 aliphatic rings. The van der Waals surface area contributed by atoms with Gasteiger partial charge in [-0.3, -0.25) is 4.79 Å². The number of halogens is 2. The van der Waals surface area contributed by atoms with E-state index in [0.29, 0.717) is 16.8 Å². The number of amides is 1. The number of alkyl halides is 2. The summed E-state index contributed by atoms with van der Waals surface area (Å²) in [4.78, 5) is 14.8. The van der Waals surface area contributed by atoms with E-state index in [0.717, 1.165) is 6.42 Å². The molecule has 0 aliphatic carbocycles. The lowest BCUT2D eigenvalue weighted by Gasteiger charge is -2.41. The monoisotopic (exact) mass is 376 g/mol. The van der Waals surface area contributed by atoms with E-state index in [2.05, 4.69) is 10.1 Å². The third-order valence-corrected chi connectivity index (χ3v) is 4.75. The van der Waals surface area contributed by atoms with Gasteiger partial charge in [0.05, 0.1) is 12.7 Å². The van der Waals surface area contributed by atoms with Crippen LogP contribution in [0.5, 0.6) is 11.5 Å². The number of para-hydroxylation sites is 1. The van der Waals surface area contributed by atoms with Crippen molar-refractivity contribution >= 4 is 11.6 Å². The van der Waals surface area contributed by atoms with Crippen LogP contribution in [0.4, 0.5) is 14.5 Å². The topological polar surface area (TPSA) is 50.8 Å². The van der Waals surface area contributed by atoms with E-state index in [1.165, 1.54) is 13.2 Å². The van der Waals surface area contributed by atoms with Crippen molar-refractivity contribution in [3.63, 3.8) is 0 Å². The largest absolute Gasteiger partial charge is 0.493 e. The van der Waals surface area contributed by atoms with Gasteiger partial charge in [-0.05, 0) is 43.2 Å². The molecular weight excluding hydrogens is 354 g/mol. The number of rotatable bonds is 6. The number of hydrogen-bond donors (Lipinski definition) is 1. The van der Waals surface area contributed by atoms with E-state index in [1.807, 2.05) is 32.0 Å². The lowest BCUT2D eigenvalue weighted by atomic mass is 10.0. The van der Waals surface area contributed by atoms with Gasteiger partial charge in [0.15, 0.2) is 11.5 Å². The summed E-state index contributed by atoms with van der Waals surface area (Å²) >= 11 is 0. The molecule has 1 amide bonds. The molecule has 1 aliphatic heterocycles. The number of nitrogens with zero attached hydrogens (tertiary/aromatic N) is 1. The zero-order chi connectivity index (χ0) is 19.6. The molecule has 1 heterocycles. The van der Waals surface area contributed by atoms with E-state index in [9.17, 15) is 13.6 Å². The number of carbonyl (C=O) groups excluding carboxylic acids is 1. The summed E-state index contributed by atoms with van der Waals surface area (Å²) in [5.41, 5.74) is 1.93. The second-order valence-corrected chi connectivity index (χ2v) is 6.35. The van der Waals surface area contributed by atoms with Crippen molar-refractivity contribution in [3.05, 3.63) is 53.6 Å².